The summed E-state index contributed by atoms with van der Waals surface area (Å²) in [6, 6.07) is 15.8. The summed E-state index contributed by atoms with van der Waals surface area (Å²) in [6.07, 6.45) is 1.43. The topological polar surface area (TPSA) is 99.8 Å². The molecule has 1 aliphatic carbocycles. The molecule has 1 aliphatic rings. The summed E-state index contributed by atoms with van der Waals surface area (Å²) < 4.78 is 0. The van der Waals surface area contributed by atoms with Crippen LogP contribution in [0.3, 0.4) is 0 Å². The zero-order chi connectivity index (χ0) is 18.3. The Labute approximate surface area is 148 Å². The highest BCUT2D eigenvalue weighted by Gasteiger charge is 2.25. The van der Waals surface area contributed by atoms with E-state index in [-0.39, 0.29) is 11.3 Å². The quantitative estimate of drug-likeness (QED) is 0.567. The van der Waals surface area contributed by atoms with E-state index in [1.807, 2.05) is 30.3 Å². The van der Waals surface area contributed by atoms with Crippen LogP contribution in [0.2, 0.25) is 0 Å². The predicted molar refractivity (Wildman–Crippen MR) is 96.7 cm³/mol. The average Bonchev–Trinajstić information content (AvgIpc) is 2.67. The maximum atomic E-state index is 12.5. The molecule has 0 saturated heterocycles. The summed E-state index contributed by atoms with van der Waals surface area (Å²) in [6.45, 7) is 0. The first-order chi connectivity index (χ1) is 12.6. The summed E-state index contributed by atoms with van der Waals surface area (Å²) >= 11 is 0. The summed E-state index contributed by atoms with van der Waals surface area (Å²) in [4.78, 5) is 26.0. The third-order valence-corrected chi connectivity index (χ3v) is 4.71. The average molecular weight is 343 g/mol. The molecule has 0 amide bonds. The molecule has 6 nitrogen and oxygen atoms in total. The van der Waals surface area contributed by atoms with Gasteiger partial charge in [0.15, 0.2) is 0 Å². The Balaban J connectivity index is 2.07. The molecular weight excluding hydrogens is 330 g/mol. The minimum atomic E-state index is -0.482. The van der Waals surface area contributed by atoms with Crippen molar-refractivity contribution in [2.45, 2.75) is 12.8 Å². The maximum Gasteiger partial charge on any atom is 0.270 e. The first-order valence-electron chi connectivity index (χ1n) is 8.12. The molecule has 1 aromatic heterocycles. The number of nitrogens with zero attached hydrogens (tertiary/aromatic N) is 2. The Morgan fingerprint density at radius 1 is 1.12 bits per heavy atom. The Bertz CT molecular complexity index is 1160. The Hall–Kier alpha value is -3.72. The molecule has 3 aromatic rings. The molecule has 26 heavy (non-hydrogen) atoms. The van der Waals surface area contributed by atoms with Gasteiger partial charge in [0.25, 0.3) is 11.2 Å². The summed E-state index contributed by atoms with van der Waals surface area (Å²) in [5.74, 6) is 0. The number of H-pyrrole nitrogens is 1. The van der Waals surface area contributed by atoms with E-state index in [1.54, 1.807) is 12.1 Å². The van der Waals surface area contributed by atoms with Crippen molar-refractivity contribution in [3.05, 3.63) is 85.7 Å². The number of hydrogen-bond donors (Lipinski definition) is 1. The van der Waals surface area contributed by atoms with Crippen molar-refractivity contribution in [1.82, 2.24) is 4.98 Å². The molecule has 0 bridgehead atoms. The molecule has 0 spiro atoms. The second-order valence-electron chi connectivity index (χ2n) is 6.13. The number of nitro groups is 1. The maximum absolute atomic E-state index is 12.5. The van der Waals surface area contributed by atoms with Crippen LogP contribution in [0.15, 0.2) is 53.3 Å². The van der Waals surface area contributed by atoms with Gasteiger partial charge in [0.1, 0.15) is 11.6 Å². The van der Waals surface area contributed by atoms with Gasteiger partial charge in [-0.3, -0.25) is 14.9 Å². The normalized spacial score (nSPS) is 12.0. The van der Waals surface area contributed by atoms with E-state index in [2.05, 4.69) is 4.98 Å². The highest BCUT2D eigenvalue weighted by atomic mass is 16.6. The number of aromatic amines is 1. The van der Waals surface area contributed by atoms with Crippen LogP contribution in [-0.4, -0.2) is 9.91 Å². The number of pyridine rings is 1. The summed E-state index contributed by atoms with van der Waals surface area (Å²) in [5.41, 5.74) is 4.04. The SMILES string of the molecule is N#Cc1c(-c2cccc([N+](=O)[O-])c2)c2c([nH]c1=O)-c1ccccc1CC2. The lowest BCUT2D eigenvalue weighted by Gasteiger charge is -2.22. The van der Waals surface area contributed by atoms with Crippen LogP contribution in [0.1, 0.15) is 16.7 Å². The minimum Gasteiger partial charge on any atom is -0.320 e. The van der Waals surface area contributed by atoms with E-state index < -0.39 is 10.5 Å². The van der Waals surface area contributed by atoms with Crippen molar-refractivity contribution >= 4 is 5.69 Å². The van der Waals surface area contributed by atoms with Gasteiger partial charge >= 0.3 is 0 Å². The van der Waals surface area contributed by atoms with Crippen LogP contribution in [0.4, 0.5) is 5.69 Å². The molecule has 0 atom stereocenters. The summed E-state index contributed by atoms with van der Waals surface area (Å²) in [7, 11) is 0. The van der Waals surface area contributed by atoms with Crippen molar-refractivity contribution in [1.29, 1.82) is 5.26 Å². The molecule has 1 heterocycles. The molecule has 0 saturated carbocycles. The standard InChI is InChI=1S/C20H13N3O3/c21-11-17-18(13-5-3-6-14(10-13)23(25)26)16-9-8-12-4-1-2-7-15(12)19(16)22-20(17)24/h1-7,10H,8-9H2,(H,22,24). The fourth-order valence-electron chi connectivity index (χ4n) is 3.56. The van der Waals surface area contributed by atoms with E-state index >= 15 is 0 Å². The number of non-ortho nitro benzene ring substituents is 1. The van der Waals surface area contributed by atoms with Gasteiger partial charge in [-0.1, -0.05) is 36.4 Å². The number of nitriles is 1. The molecule has 6 heteroatoms. The highest BCUT2D eigenvalue weighted by molar-refractivity contribution is 5.83. The Morgan fingerprint density at radius 2 is 1.92 bits per heavy atom. The van der Waals surface area contributed by atoms with Crippen molar-refractivity contribution < 1.29 is 4.92 Å². The molecule has 0 radical (unpaired) electrons. The molecule has 0 unspecified atom stereocenters. The molecule has 0 aliphatic heterocycles. The van der Waals surface area contributed by atoms with Gasteiger partial charge in [0.05, 0.1) is 10.6 Å². The van der Waals surface area contributed by atoms with Gasteiger partial charge in [-0.05, 0) is 29.5 Å². The Morgan fingerprint density at radius 3 is 2.69 bits per heavy atom. The lowest BCUT2D eigenvalue weighted by Crippen LogP contribution is -2.19. The van der Waals surface area contributed by atoms with Crippen molar-refractivity contribution in [3.8, 4) is 28.5 Å². The van der Waals surface area contributed by atoms with Crippen LogP contribution in [-0.2, 0) is 12.8 Å². The van der Waals surface area contributed by atoms with Crippen molar-refractivity contribution in [2.75, 3.05) is 0 Å². The molecule has 126 valence electrons. The highest BCUT2D eigenvalue weighted by Crippen LogP contribution is 2.38. The first kappa shape index (κ1) is 15.8. The van der Waals surface area contributed by atoms with Gasteiger partial charge in [-0.25, -0.2) is 0 Å². The molecule has 4 rings (SSSR count). The smallest absolute Gasteiger partial charge is 0.270 e. The van der Waals surface area contributed by atoms with Crippen LogP contribution in [0.5, 0.6) is 0 Å². The molecule has 2 aromatic carbocycles. The fourth-order valence-corrected chi connectivity index (χ4v) is 3.56. The Kier molecular flexibility index (Phi) is 3.63. The first-order valence-corrected chi connectivity index (χ1v) is 8.12. The van der Waals surface area contributed by atoms with Crippen molar-refractivity contribution in [2.24, 2.45) is 0 Å². The van der Waals surface area contributed by atoms with Crippen molar-refractivity contribution in [3.63, 3.8) is 0 Å². The number of hydrogen-bond acceptors (Lipinski definition) is 4. The van der Waals surface area contributed by atoms with Gasteiger partial charge in [-0.2, -0.15) is 5.26 Å². The summed E-state index contributed by atoms with van der Waals surface area (Å²) in [5, 5.41) is 20.7. The van der Waals surface area contributed by atoms with E-state index in [4.69, 9.17) is 0 Å². The fraction of sp³-hybridized carbons (Fsp3) is 0.100. The number of nitro benzene ring substituents is 1. The second kappa shape index (κ2) is 5.97. The van der Waals surface area contributed by atoms with Gasteiger partial charge in [0.2, 0.25) is 0 Å². The predicted octanol–water partition coefficient (Wildman–Crippen LogP) is 3.59. The van der Waals surface area contributed by atoms with E-state index in [0.717, 1.165) is 23.1 Å². The lowest BCUT2D eigenvalue weighted by molar-refractivity contribution is -0.384. The third-order valence-electron chi connectivity index (χ3n) is 4.71. The number of nitrogens with one attached hydrogen (secondary N) is 1. The van der Waals surface area contributed by atoms with E-state index in [9.17, 15) is 20.2 Å². The zero-order valence-electron chi connectivity index (χ0n) is 13.7. The number of fused-ring (bicyclic) bond motifs is 3. The third kappa shape index (κ3) is 2.38. The van der Waals surface area contributed by atoms with Gasteiger partial charge in [-0.15, -0.1) is 0 Å². The second-order valence-corrected chi connectivity index (χ2v) is 6.13. The molecule has 0 fully saturated rings. The van der Waals surface area contributed by atoms with Crippen LogP contribution < -0.4 is 5.56 Å². The number of aromatic nitrogens is 1. The van der Waals surface area contributed by atoms with E-state index in [1.165, 1.54) is 12.1 Å². The molecular formula is C20H13N3O3. The zero-order valence-corrected chi connectivity index (χ0v) is 13.7. The lowest BCUT2D eigenvalue weighted by atomic mass is 9.83. The van der Waals surface area contributed by atoms with Crippen LogP contribution >= 0.6 is 0 Å². The van der Waals surface area contributed by atoms with Gasteiger partial charge < -0.3 is 4.98 Å². The number of rotatable bonds is 2. The van der Waals surface area contributed by atoms with Crippen LogP contribution in [0, 0.1) is 21.4 Å². The number of aryl methyl sites for hydroxylation is 1. The van der Waals surface area contributed by atoms with Crippen LogP contribution in [0.25, 0.3) is 22.4 Å². The largest absolute Gasteiger partial charge is 0.320 e. The van der Waals surface area contributed by atoms with E-state index in [0.29, 0.717) is 23.2 Å². The number of benzene rings is 2. The minimum absolute atomic E-state index is 0.0105. The monoisotopic (exact) mass is 343 g/mol. The molecule has 1 N–H and O–H groups in total. The van der Waals surface area contributed by atoms with Gasteiger partial charge in [0, 0.05) is 23.3 Å².